The average molecular weight is 313 g/mol. The quantitative estimate of drug-likeness (QED) is 0.912. The van der Waals surface area contributed by atoms with Gasteiger partial charge in [0, 0.05) is 23.4 Å². The van der Waals surface area contributed by atoms with Crippen LogP contribution in [0.5, 0.6) is 0 Å². The molecule has 2 heterocycles. The molecule has 0 saturated carbocycles. The van der Waals surface area contributed by atoms with Crippen LogP contribution in [-0.2, 0) is 0 Å². The molecule has 1 aromatic carbocycles. The molecule has 120 valence electrons. The van der Waals surface area contributed by atoms with Gasteiger partial charge in [0.05, 0.1) is 17.3 Å². The summed E-state index contributed by atoms with van der Waals surface area (Å²) in [6.07, 6.45) is 1.87. The van der Waals surface area contributed by atoms with Gasteiger partial charge in [0.1, 0.15) is 0 Å². The lowest BCUT2D eigenvalue weighted by atomic mass is 10.0. The molecule has 1 aliphatic rings. The number of carboxylic acid groups (broad SMARTS) is 1. The first-order valence-electron chi connectivity index (χ1n) is 7.65. The summed E-state index contributed by atoms with van der Waals surface area (Å²) in [5, 5.41) is 16.2. The first-order chi connectivity index (χ1) is 11.0. The van der Waals surface area contributed by atoms with Gasteiger partial charge in [-0.1, -0.05) is 0 Å². The van der Waals surface area contributed by atoms with E-state index >= 15 is 0 Å². The summed E-state index contributed by atoms with van der Waals surface area (Å²) >= 11 is 0. The van der Waals surface area contributed by atoms with Crippen LogP contribution in [0.1, 0.15) is 56.6 Å². The molecule has 6 nitrogen and oxygen atoms in total. The van der Waals surface area contributed by atoms with Crippen molar-refractivity contribution in [3.63, 3.8) is 0 Å². The summed E-state index contributed by atoms with van der Waals surface area (Å²) < 4.78 is 0. The highest BCUT2D eigenvalue weighted by molar-refractivity contribution is 5.96. The smallest absolute Gasteiger partial charge is 0.335 e. The Morgan fingerprint density at radius 2 is 1.87 bits per heavy atom. The maximum absolute atomic E-state index is 12.8. The maximum atomic E-state index is 12.8. The van der Waals surface area contributed by atoms with Crippen LogP contribution in [0.2, 0.25) is 0 Å². The number of aromatic amines is 1. The monoisotopic (exact) mass is 313 g/mol. The Bertz CT molecular complexity index is 729. The molecule has 1 aliphatic heterocycles. The number of aromatic nitrogens is 2. The Labute approximate surface area is 134 Å². The van der Waals surface area contributed by atoms with E-state index in [1.54, 1.807) is 12.1 Å². The number of nitrogens with one attached hydrogen (secondary N) is 1. The van der Waals surface area contributed by atoms with Crippen molar-refractivity contribution >= 4 is 11.9 Å². The van der Waals surface area contributed by atoms with Gasteiger partial charge in [-0.05, 0) is 51.0 Å². The van der Waals surface area contributed by atoms with Gasteiger partial charge in [0.2, 0.25) is 0 Å². The van der Waals surface area contributed by atoms with E-state index in [9.17, 15) is 9.59 Å². The number of carboxylic acids is 1. The van der Waals surface area contributed by atoms with Crippen LogP contribution in [0.25, 0.3) is 0 Å². The van der Waals surface area contributed by atoms with Crippen molar-refractivity contribution in [1.82, 2.24) is 15.1 Å². The van der Waals surface area contributed by atoms with E-state index in [4.69, 9.17) is 5.11 Å². The topological polar surface area (TPSA) is 86.3 Å². The van der Waals surface area contributed by atoms with Crippen molar-refractivity contribution in [3.8, 4) is 0 Å². The minimum absolute atomic E-state index is 0.0281. The molecule has 1 fully saturated rings. The molecule has 1 amide bonds. The second kappa shape index (κ2) is 5.87. The third kappa shape index (κ3) is 2.72. The molecule has 0 radical (unpaired) electrons. The predicted molar refractivity (Wildman–Crippen MR) is 84.5 cm³/mol. The number of hydrogen-bond donors (Lipinski definition) is 2. The number of carbonyl (C=O) groups excluding carboxylic acids is 1. The SMILES string of the molecule is Cc1n[nH]c(C)c1C1CCCN1C(=O)c1ccc(C(=O)O)cc1. The molecule has 0 aliphatic carbocycles. The van der Waals surface area contributed by atoms with Gasteiger partial charge in [-0.25, -0.2) is 4.79 Å². The first kappa shape index (κ1) is 15.3. The first-order valence-corrected chi connectivity index (χ1v) is 7.65. The van der Waals surface area contributed by atoms with E-state index in [0.29, 0.717) is 12.1 Å². The van der Waals surface area contributed by atoms with E-state index < -0.39 is 5.97 Å². The number of likely N-dealkylation sites (tertiary alicyclic amines) is 1. The van der Waals surface area contributed by atoms with Crippen LogP contribution >= 0.6 is 0 Å². The van der Waals surface area contributed by atoms with Gasteiger partial charge in [-0.15, -0.1) is 0 Å². The molecule has 1 atom stereocenters. The number of aromatic carboxylic acids is 1. The number of benzene rings is 1. The van der Waals surface area contributed by atoms with E-state index in [0.717, 1.165) is 29.8 Å². The number of rotatable bonds is 3. The summed E-state index contributed by atoms with van der Waals surface area (Å²) in [5.41, 5.74) is 3.71. The van der Waals surface area contributed by atoms with Crippen LogP contribution < -0.4 is 0 Å². The normalized spacial score (nSPS) is 17.5. The largest absolute Gasteiger partial charge is 0.478 e. The zero-order valence-corrected chi connectivity index (χ0v) is 13.2. The number of carbonyl (C=O) groups is 2. The van der Waals surface area contributed by atoms with E-state index in [1.807, 2.05) is 18.7 Å². The maximum Gasteiger partial charge on any atom is 0.335 e. The molecule has 2 N–H and O–H groups in total. The molecule has 2 aromatic rings. The van der Waals surface area contributed by atoms with Crippen LogP contribution in [0.15, 0.2) is 24.3 Å². The molecule has 0 bridgehead atoms. The number of nitrogens with zero attached hydrogens (tertiary/aromatic N) is 2. The predicted octanol–water partition coefficient (Wildman–Crippen LogP) is 2.70. The molecule has 1 unspecified atom stereocenters. The van der Waals surface area contributed by atoms with E-state index in [2.05, 4.69) is 10.2 Å². The third-order valence-corrected chi connectivity index (χ3v) is 4.41. The Balaban J connectivity index is 1.87. The van der Waals surface area contributed by atoms with Gasteiger partial charge in [-0.2, -0.15) is 5.10 Å². The second-order valence-corrected chi connectivity index (χ2v) is 5.89. The summed E-state index contributed by atoms with van der Waals surface area (Å²) in [4.78, 5) is 25.6. The summed E-state index contributed by atoms with van der Waals surface area (Å²) in [6.45, 7) is 4.62. The zero-order valence-electron chi connectivity index (χ0n) is 13.2. The minimum atomic E-state index is -0.993. The van der Waals surface area contributed by atoms with Gasteiger partial charge in [-0.3, -0.25) is 9.89 Å². The lowest BCUT2D eigenvalue weighted by Gasteiger charge is -2.25. The fourth-order valence-electron chi connectivity index (χ4n) is 3.28. The highest BCUT2D eigenvalue weighted by Crippen LogP contribution is 2.35. The molecule has 3 rings (SSSR count). The van der Waals surface area contributed by atoms with Gasteiger partial charge in [0.15, 0.2) is 0 Å². The van der Waals surface area contributed by atoms with Crippen molar-refractivity contribution in [2.75, 3.05) is 6.54 Å². The summed E-state index contributed by atoms with van der Waals surface area (Å²) in [5.74, 6) is -1.06. The molecule has 1 aromatic heterocycles. The van der Waals surface area contributed by atoms with Crippen molar-refractivity contribution in [3.05, 3.63) is 52.3 Å². The van der Waals surface area contributed by atoms with Crippen molar-refractivity contribution in [2.45, 2.75) is 32.7 Å². The number of hydrogen-bond acceptors (Lipinski definition) is 3. The molecule has 0 spiro atoms. The number of H-pyrrole nitrogens is 1. The Morgan fingerprint density at radius 1 is 1.22 bits per heavy atom. The Hall–Kier alpha value is -2.63. The Kier molecular flexibility index (Phi) is 3.90. The molecular formula is C17H19N3O3. The summed E-state index contributed by atoms with van der Waals surface area (Å²) in [6, 6.07) is 6.12. The molecule has 6 heteroatoms. The van der Waals surface area contributed by atoms with Gasteiger partial charge >= 0.3 is 5.97 Å². The van der Waals surface area contributed by atoms with Crippen LogP contribution in [0, 0.1) is 13.8 Å². The van der Waals surface area contributed by atoms with E-state index in [1.165, 1.54) is 12.1 Å². The zero-order chi connectivity index (χ0) is 16.6. The fourth-order valence-corrected chi connectivity index (χ4v) is 3.28. The van der Waals surface area contributed by atoms with Crippen molar-refractivity contribution < 1.29 is 14.7 Å². The number of amides is 1. The molecule has 1 saturated heterocycles. The Morgan fingerprint density at radius 3 is 2.43 bits per heavy atom. The van der Waals surface area contributed by atoms with Crippen molar-refractivity contribution in [2.24, 2.45) is 0 Å². The van der Waals surface area contributed by atoms with Crippen molar-refractivity contribution in [1.29, 1.82) is 0 Å². The fraction of sp³-hybridized carbons (Fsp3) is 0.353. The third-order valence-electron chi connectivity index (χ3n) is 4.41. The lowest BCUT2D eigenvalue weighted by Crippen LogP contribution is -2.31. The minimum Gasteiger partial charge on any atom is -0.478 e. The highest BCUT2D eigenvalue weighted by atomic mass is 16.4. The lowest BCUT2D eigenvalue weighted by molar-refractivity contribution is 0.0692. The average Bonchev–Trinajstić information content (AvgIpc) is 3.13. The number of aryl methyl sites for hydroxylation is 2. The summed E-state index contributed by atoms with van der Waals surface area (Å²) in [7, 11) is 0. The van der Waals surface area contributed by atoms with E-state index in [-0.39, 0.29) is 17.5 Å². The van der Waals surface area contributed by atoms with Crippen LogP contribution in [0.4, 0.5) is 0 Å². The molecular weight excluding hydrogens is 294 g/mol. The standard InChI is InChI=1S/C17H19N3O3/c1-10-15(11(2)19-18-10)14-4-3-9-20(14)16(21)12-5-7-13(8-6-12)17(22)23/h5-8,14H,3-4,9H2,1-2H3,(H,18,19)(H,22,23). The van der Waals surface area contributed by atoms with Gasteiger partial charge < -0.3 is 10.0 Å². The second-order valence-electron chi connectivity index (χ2n) is 5.89. The van der Waals surface area contributed by atoms with Crippen LogP contribution in [0.3, 0.4) is 0 Å². The van der Waals surface area contributed by atoms with Gasteiger partial charge in [0.25, 0.3) is 5.91 Å². The highest BCUT2D eigenvalue weighted by Gasteiger charge is 2.33. The van der Waals surface area contributed by atoms with Crippen LogP contribution in [-0.4, -0.2) is 38.6 Å². The molecule has 23 heavy (non-hydrogen) atoms.